The summed E-state index contributed by atoms with van der Waals surface area (Å²) in [5, 5.41) is 2.61. The van der Waals surface area contributed by atoms with Gasteiger partial charge >= 0.3 is 7.12 Å². The first kappa shape index (κ1) is 15.7. The van der Waals surface area contributed by atoms with Crippen LogP contribution in [0.15, 0.2) is 30.3 Å². The maximum Gasteiger partial charge on any atom is 0.497 e. The Bertz CT molecular complexity index is 711. The van der Waals surface area contributed by atoms with Gasteiger partial charge in [0.15, 0.2) is 0 Å². The van der Waals surface area contributed by atoms with Crippen LogP contribution < -0.4 is 10.2 Å². The van der Waals surface area contributed by atoms with Crippen LogP contribution in [-0.4, -0.2) is 25.4 Å². The Morgan fingerprint density at radius 3 is 2.23 bits per heavy atom. The van der Waals surface area contributed by atoms with Crippen molar-refractivity contribution in [2.45, 2.75) is 38.9 Å². The Morgan fingerprint density at radius 2 is 1.64 bits per heavy atom. The lowest BCUT2D eigenvalue weighted by atomic mass is 9.75. The second-order valence-electron chi connectivity index (χ2n) is 6.62. The van der Waals surface area contributed by atoms with Crippen molar-refractivity contribution in [3.05, 3.63) is 35.4 Å². The van der Waals surface area contributed by atoms with Gasteiger partial charge in [0, 0.05) is 5.46 Å². The second kappa shape index (κ2) is 5.15. The van der Waals surface area contributed by atoms with Crippen molar-refractivity contribution >= 4 is 35.0 Å². The average Bonchev–Trinajstić information content (AvgIpc) is 2.66. The van der Waals surface area contributed by atoms with E-state index < -0.39 is 18.3 Å². The normalized spacial score (nSPS) is 19.6. The maximum absolute atomic E-state index is 6.57. The van der Waals surface area contributed by atoms with Gasteiger partial charge in [0.1, 0.15) is 5.75 Å². The molecule has 3 rings (SSSR count). The summed E-state index contributed by atoms with van der Waals surface area (Å²) in [5.74, 6) is 0.630. The third kappa shape index (κ3) is 2.30. The van der Waals surface area contributed by atoms with Crippen LogP contribution in [0.3, 0.4) is 0 Å². The summed E-state index contributed by atoms with van der Waals surface area (Å²) in [7, 11) is 1.10. The molecule has 1 aliphatic heterocycles. The molecule has 0 N–H and O–H groups in total. The van der Waals surface area contributed by atoms with Crippen molar-refractivity contribution in [2.24, 2.45) is 0 Å². The fraction of sp³-hybridized carbons (Fsp3) is 0.412. The van der Waals surface area contributed by atoms with Crippen LogP contribution in [-0.2, 0) is 9.31 Å². The molecule has 0 saturated carbocycles. The molecule has 116 valence electrons. The molecule has 0 aromatic heterocycles. The van der Waals surface area contributed by atoms with Crippen molar-refractivity contribution in [3.8, 4) is 5.75 Å². The molecule has 2 aromatic rings. The van der Waals surface area contributed by atoms with E-state index in [2.05, 4.69) is 0 Å². The average molecular weight is 319 g/mol. The zero-order valence-corrected chi connectivity index (χ0v) is 14.3. The van der Waals surface area contributed by atoms with Gasteiger partial charge in [-0.1, -0.05) is 35.9 Å². The molecule has 2 aromatic carbocycles. The lowest BCUT2D eigenvalue weighted by molar-refractivity contribution is 0.00578. The molecule has 1 fully saturated rings. The molecule has 3 nitrogen and oxygen atoms in total. The van der Waals surface area contributed by atoms with Crippen molar-refractivity contribution < 1.29 is 14.0 Å². The number of halogens is 1. The van der Waals surface area contributed by atoms with E-state index in [4.69, 9.17) is 25.6 Å². The van der Waals surface area contributed by atoms with E-state index in [1.165, 1.54) is 0 Å². The van der Waals surface area contributed by atoms with Gasteiger partial charge in [-0.3, -0.25) is 0 Å². The first-order chi connectivity index (χ1) is 10.3. The zero-order valence-electron chi connectivity index (χ0n) is 13.6. The minimum Gasteiger partial charge on any atom is -0.495 e. The van der Waals surface area contributed by atoms with Gasteiger partial charge in [-0.2, -0.15) is 0 Å². The van der Waals surface area contributed by atoms with E-state index in [0.717, 1.165) is 16.2 Å². The minimum atomic E-state index is -0.516. The molecule has 0 unspecified atom stereocenters. The summed E-state index contributed by atoms with van der Waals surface area (Å²) in [6.07, 6.45) is 0. The molecule has 0 amide bonds. The number of ether oxygens (including phenoxy) is 1. The molecule has 0 atom stereocenters. The Balaban J connectivity index is 2.21. The lowest BCUT2D eigenvalue weighted by Gasteiger charge is -2.32. The zero-order chi connectivity index (χ0) is 16.1. The molecule has 5 heteroatoms. The van der Waals surface area contributed by atoms with Crippen LogP contribution in [0.2, 0.25) is 5.02 Å². The highest BCUT2D eigenvalue weighted by Crippen LogP contribution is 2.39. The van der Waals surface area contributed by atoms with E-state index in [1.54, 1.807) is 7.11 Å². The van der Waals surface area contributed by atoms with E-state index in [0.29, 0.717) is 10.8 Å². The highest BCUT2D eigenvalue weighted by atomic mass is 35.5. The number of fused-ring (bicyclic) bond motifs is 1. The van der Waals surface area contributed by atoms with E-state index >= 15 is 0 Å². The van der Waals surface area contributed by atoms with E-state index in [9.17, 15) is 0 Å². The largest absolute Gasteiger partial charge is 0.497 e. The van der Waals surface area contributed by atoms with Gasteiger partial charge in [-0.05, 0) is 44.5 Å². The summed E-state index contributed by atoms with van der Waals surface area (Å²) in [5.41, 5.74) is 0.00589. The first-order valence-corrected chi connectivity index (χ1v) is 7.75. The van der Waals surface area contributed by atoms with Gasteiger partial charge in [-0.25, -0.2) is 0 Å². The van der Waals surface area contributed by atoms with Crippen molar-refractivity contribution in [1.82, 2.24) is 0 Å². The van der Waals surface area contributed by atoms with Gasteiger partial charge in [0.05, 0.1) is 23.3 Å². The number of methoxy groups -OCH3 is 1. The molecule has 1 aliphatic rings. The fourth-order valence-corrected chi connectivity index (χ4v) is 2.99. The summed E-state index contributed by atoms with van der Waals surface area (Å²) in [4.78, 5) is 0. The smallest absolute Gasteiger partial charge is 0.495 e. The lowest BCUT2D eigenvalue weighted by Crippen LogP contribution is -2.41. The predicted molar refractivity (Wildman–Crippen MR) is 91.2 cm³/mol. The van der Waals surface area contributed by atoms with Crippen molar-refractivity contribution in [2.75, 3.05) is 7.11 Å². The molecule has 1 heterocycles. The van der Waals surface area contributed by atoms with Crippen LogP contribution in [0.5, 0.6) is 5.75 Å². The molecule has 1 saturated heterocycles. The Hall–Kier alpha value is -1.23. The van der Waals surface area contributed by atoms with Crippen LogP contribution in [0, 0.1) is 0 Å². The Kier molecular flexibility index (Phi) is 3.67. The molecular formula is C17H20BClO3. The third-order valence-corrected chi connectivity index (χ3v) is 5.09. The number of hydrogen-bond donors (Lipinski definition) is 0. The van der Waals surface area contributed by atoms with Crippen LogP contribution in [0.4, 0.5) is 0 Å². The van der Waals surface area contributed by atoms with Crippen LogP contribution in [0.1, 0.15) is 27.7 Å². The van der Waals surface area contributed by atoms with E-state index in [-0.39, 0.29) is 0 Å². The molecular weight excluding hydrogens is 298 g/mol. The number of rotatable bonds is 2. The highest BCUT2D eigenvalue weighted by molar-refractivity contribution is 6.69. The molecule has 0 radical (unpaired) electrons. The summed E-state index contributed by atoms with van der Waals surface area (Å²) in [6.45, 7) is 8.12. The fourth-order valence-electron chi connectivity index (χ4n) is 2.66. The third-order valence-electron chi connectivity index (χ3n) is 4.70. The van der Waals surface area contributed by atoms with E-state index in [1.807, 2.05) is 58.0 Å². The number of benzene rings is 2. The quantitative estimate of drug-likeness (QED) is 0.788. The highest BCUT2D eigenvalue weighted by Gasteiger charge is 2.52. The molecule has 0 aliphatic carbocycles. The molecule has 0 spiro atoms. The predicted octanol–water partition coefficient (Wildman–Crippen LogP) is 3.80. The van der Waals surface area contributed by atoms with Crippen molar-refractivity contribution in [3.63, 3.8) is 0 Å². The number of hydrogen-bond acceptors (Lipinski definition) is 3. The van der Waals surface area contributed by atoms with Gasteiger partial charge < -0.3 is 14.0 Å². The summed E-state index contributed by atoms with van der Waals surface area (Å²) >= 11 is 6.57. The maximum atomic E-state index is 6.57. The molecule has 0 bridgehead atoms. The SMILES string of the molecule is COc1cc2ccccc2c(B2OC(C)(C)C(C)(C)O2)c1Cl. The van der Waals surface area contributed by atoms with Gasteiger partial charge in [-0.15, -0.1) is 0 Å². The topological polar surface area (TPSA) is 27.7 Å². The first-order valence-electron chi connectivity index (χ1n) is 7.37. The standard InChI is InChI=1S/C17H20BClO3/c1-16(2)17(3,4)22-18(21-16)14-12-9-7-6-8-11(12)10-13(20-5)15(14)19/h6-10H,1-5H3. The Morgan fingerprint density at radius 1 is 1.05 bits per heavy atom. The summed E-state index contributed by atoms with van der Waals surface area (Å²) in [6, 6.07) is 9.97. The van der Waals surface area contributed by atoms with Gasteiger partial charge in [0.25, 0.3) is 0 Å². The van der Waals surface area contributed by atoms with Gasteiger partial charge in [0.2, 0.25) is 0 Å². The minimum absolute atomic E-state index is 0.412. The monoisotopic (exact) mass is 318 g/mol. The molecule has 22 heavy (non-hydrogen) atoms. The van der Waals surface area contributed by atoms with Crippen LogP contribution in [0.25, 0.3) is 10.8 Å². The summed E-state index contributed by atoms with van der Waals surface area (Å²) < 4.78 is 17.8. The van der Waals surface area contributed by atoms with Crippen LogP contribution >= 0.6 is 11.6 Å². The second-order valence-corrected chi connectivity index (χ2v) is 6.99. The Labute approximate surface area is 136 Å². The van der Waals surface area contributed by atoms with Crippen molar-refractivity contribution in [1.29, 1.82) is 0 Å².